The monoisotopic (exact) mass is 441 g/mol. The second-order valence-electron chi connectivity index (χ2n) is 9.21. The van der Waals surface area contributed by atoms with E-state index in [0.717, 1.165) is 45.1 Å². The third-order valence-electron chi connectivity index (χ3n) is 7.27. The van der Waals surface area contributed by atoms with Gasteiger partial charge in [0.15, 0.2) is 0 Å². The van der Waals surface area contributed by atoms with Gasteiger partial charge in [-0.15, -0.1) is 0 Å². The first-order valence-electron chi connectivity index (χ1n) is 12.2. The molecule has 3 aromatic rings. The first-order valence-corrected chi connectivity index (χ1v) is 12.2. The van der Waals surface area contributed by atoms with E-state index in [4.69, 9.17) is 4.74 Å². The first kappa shape index (κ1) is 23.3. The highest BCUT2D eigenvalue weighted by atomic mass is 16.5. The molecule has 0 bridgehead atoms. The lowest BCUT2D eigenvalue weighted by Gasteiger charge is -2.38. The summed E-state index contributed by atoms with van der Waals surface area (Å²) in [6.45, 7) is 0.803. The predicted molar refractivity (Wildman–Crippen MR) is 134 cm³/mol. The summed E-state index contributed by atoms with van der Waals surface area (Å²) < 4.78 is 5.24. The van der Waals surface area contributed by atoms with Crippen molar-refractivity contribution in [2.45, 2.75) is 50.5 Å². The van der Waals surface area contributed by atoms with E-state index in [1.54, 1.807) is 0 Å². The van der Waals surface area contributed by atoms with Gasteiger partial charge in [-0.25, -0.2) is 0 Å². The summed E-state index contributed by atoms with van der Waals surface area (Å²) in [5.41, 5.74) is 2.85. The lowest BCUT2D eigenvalue weighted by molar-refractivity contribution is -0.155. The molecule has 0 aliphatic heterocycles. The fraction of sp³-hybridized carbons (Fsp3) is 0.367. The molecule has 33 heavy (non-hydrogen) atoms. The van der Waals surface area contributed by atoms with Gasteiger partial charge in [0.1, 0.15) is 0 Å². The maximum Gasteiger partial charge on any atom is 0.311 e. The zero-order valence-electron chi connectivity index (χ0n) is 19.6. The van der Waals surface area contributed by atoms with E-state index in [1.165, 1.54) is 30.2 Å². The van der Waals surface area contributed by atoms with Gasteiger partial charge in [-0.05, 0) is 48.9 Å². The van der Waals surface area contributed by atoms with Crippen molar-refractivity contribution in [3.8, 4) is 0 Å². The van der Waals surface area contributed by atoms with Gasteiger partial charge in [-0.3, -0.25) is 10.1 Å². The molecule has 0 radical (unpaired) electrons. The van der Waals surface area contributed by atoms with Crippen LogP contribution < -0.4 is 5.32 Å². The van der Waals surface area contributed by atoms with Crippen molar-refractivity contribution in [2.24, 2.45) is 5.41 Å². The molecule has 0 atom stereocenters. The fourth-order valence-electron chi connectivity index (χ4n) is 5.57. The lowest BCUT2D eigenvalue weighted by Crippen LogP contribution is -2.45. The number of rotatable bonds is 9. The fourth-order valence-corrected chi connectivity index (χ4v) is 5.57. The highest BCUT2D eigenvalue weighted by Gasteiger charge is 2.40. The van der Waals surface area contributed by atoms with Gasteiger partial charge in [0.2, 0.25) is 0 Å². The normalized spacial score (nSPS) is 15.7. The Balaban J connectivity index is 1.64. The lowest BCUT2D eigenvalue weighted by atomic mass is 9.71. The highest BCUT2D eigenvalue weighted by molar-refractivity contribution is 5.76. The van der Waals surface area contributed by atoms with Crippen molar-refractivity contribution in [1.82, 2.24) is 5.32 Å². The molecule has 1 saturated carbocycles. The molecule has 4 rings (SSSR count). The second-order valence-corrected chi connectivity index (χ2v) is 9.21. The topological polar surface area (TPSA) is 38.3 Å². The molecule has 1 aliphatic rings. The van der Waals surface area contributed by atoms with Gasteiger partial charge >= 0.3 is 5.97 Å². The number of nitrogens with one attached hydrogen (secondary N) is 1. The first-order chi connectivity index (χ1) is 16.2. The van der Waals surface area contributed by atoms with Gasteiger partial charge in [0.25, 0.3) is 0 Å². The summed E-state index contributed by atoms with van der Waals surface area (Å²) in [6.07, 6.45) is 7.12. The minimum atomic E-state index is -0.464. The van der Waals surface area contributed by atoms with Crippen LogP contribution in [0.4, 0.5) is 0 Å². The number of esters is 1. The molecule has 0 heterocycles. The summed E-state index contributed by atoms with van der Waals surface area (Å²) in [5, 5.41) is 3.94. The van der Waals surface area contributed by atoms with Gasteiger partial charge in [0, 0.05) is 0 Å². The molecule has 1 aliphatic carbocycles. The van der Waals surface area contributed by atoms with Crippen LogP contribution in [0.3, 0.4) is 0 Å². The number of ether oxygens (including phenoxy) is 1. The summed E-state index contributed by atoms with van der Waals surface area (Å²) in [5.74, 6) is -0.0253. The Morgan fingerprint density at radius 1 is 0.788 bits per heavy atom. The van der Waals surface area contributed by atoms with Crippen molar-refractivity contribution in [2.75, 3.05) is 13.7 Å². The zero-order chi connectivity index (χ0) is 23.0. The average molecular weight is 442 g/mol. The highest BCUT2D eigenvalue weighted by Crippen LogP contribution is 2.42. The molecule has 1 fully saturated rings. The SMILES string of the molecule is COC(=O)C1(CCCNC(c2ccccc2)(c2ccccc2)c2ccccc2)CCCCC1. The van der Waals surface area contributed by atoms with Crippen LogP contribution in [0, 0.1) is 5.41 Å². The van der Waals surface area contributed by atoms with Crippen LogP contribution in [0.25, 0.3) is 0 Å². The van der Waals surface area contributed by atoms with Crippen molar-refractivity contribution >= 4 is 5.97 Å². The molecule has 0 spiro atoms. The van der Waals surface area contributed by atoms with Crippen LogP contribution in [0.15, 0.2) is 91.0 Å². The Labute approximate surface area is 198 Å². The molecule has 0 aromatic heterocycles. The van der Waals surface area contributed by atoms with Crippen molar-refractivity contribution < 1.29 is 9.53 Å². The van der Waals surface area contributed by atoms with Gasteiger partial charge < -0.3 is 4.74 Å². The molecule has 0 saturated heterocycles. The number of benzene rings is 3. The standard InChI is InChI=1S/C30H35NO2/c1-33-28(32)29(21-12-5-13-22-29)23-14-24-31-30(25-15-6-2-7-16-25,26-17-8-3-9-18-26)27-19-10-4-11-20-27/h2-4,6-11,15-20,31H,5,12-14,21-24H2,1H3. The van der Waals surface area contributed by atoms with E-state index in [-0.39, 0.29) is 11.4 Å². The molecular weight excluding hydrogens is 406 g/mol. The number of methoxy groups -OCH3 is 1. The van der Waals surface area contributed by atoms with E-state index in [2.05, 4.69) is 96.3 Å². The van der Waals surface area contributed by atoms with Gasteiger partial charge in [0.05, 0.1) is 18.1 Å². The van der Waals surface area contributed by atoms with Crippen molar-refractivity contribution in [3.05, 3.63) is 108 Å². The Morgan fingerprint density at radius 3 is 1.67 bits per heavy atom. The van der Waals surface area contributed by atoms with Crippen LogP contribution in [0.5, 0.6) is 0 Å². The third kappa shape index (κ3) is 4.89. The molecule has 3 nitrogen and oxygen atoms in total. The minimum absolute atomic E-state index is 0.0253. The molecular formula is C30H35NO2. The van der Waals surface area contributed by atoms with Crippen LogP contribution in [-0.4, -0.2) is 19.6 Å². The van der Waals surface area contributed by atoms with Crippen molar-refractivity contribution in [3.63, 3.8) is 0 Å². The number of hydrogen-bond donors (Lipinski definition) is 1. The molecule has 1 N–H and O–H groups in total. The third-order valence-corrected chi connectivity index (χ3v) is 7.27. The summed E-state index contributed by atoms with van der Waals surface area (Å²) in [6, 6.07) is 32.0. The smallest absolute Gasteiger partial charge is 0.311 e. The van der Waals surface area contributed by atoms with Crippen molar-refractivity contribution in [1.29, 1.82) is 0 Å². The Bertz CT molecular complexity index is 899. The molecule has 0 unspecified atom stereocenters. The Hall–Kier alpha value is -2.91. The van der Waals surface area contributed by atoms with Crippen LogP contribution in [0.2, 0.25) is 0 Å². The van der Waals surface area contributed by atoms with E-state index >= 15 is 0 Å². The van der Waals surface area contributed by atoms with E-state index < -0.39 is 5.54 Å². The zero-order valence-corrected chi connectivity index (χ0v) is 19.6. The summed E-state index contributed by atoms with van der Waals surface area (Å²) in [4.78, 5) is 12.7. The van der Waals surface area contributed by atoms with Crippen LogP contribution >= 0.6 is 0 Å². The predicted octanol–water partition coefficient (Wildman–Crippen LogP) is 6.47. The second kappa shape index (κ2) is 10.8. The number of hydrogen-bond acceptors (Lipinski definition) is 3. The van der Waals surface area contributed by atoms with Gasteiger partial charge in [-0.2, -0.15) is 0 Å². The largest absolute Gasteiger partial charge is 0.469 e. The molecule has 172 valence electrons. The quantitative estimate of drug-likeness (QED) is 0.235. The maximum absolute atomic E-state index is 12.7. The summed E-state index contributed by atoms with van der Waals surface area (Å²) in [7, 11) is 1.53. The Kier molecular flexibility index (Phi) is 7.61. The van der Waals surface area contributed by atoms with E-state index in [9.17, 15) is 4.79 Å². The van der Waals surface area contributed by atoms with E-state index in [1.807, 2.05) is 0 Å². The molecule has 3 aromatic carbocycles. The number of carbonyl (C=O) groups excluding carboxylic acids is 1. The van der Waals surface area contributed by atoms with E-state index in [0.29, 0.717) is 0 Å². The minimum Gasteiger partial charge on any atom is -0.469 e. The Morgan fingerprint density at radius 2 is 1.24 bits per heavy atom. The summed E-state index contributed by atoms with van der Waals surface area (Å²) >= 11 is 0. The van der Waals surface area contributed by atoms with Gasteiger partial charge in [-0.1, -0.05) is 110 Å². The average Bonchev–Trinajstić information content (AvgIpc) is 2.90. The molecule has 3 heteroatoms. The number of carbonyl (C=O) groups is 1. The molecule has 0 amide bonds. The van der Waals surface area contributed by atoms with Crippen LogP contribution in [0.1, 0.15) is 61.6 Å². The van der Waals surface area contributed by atoms with Crippen LogP contribution in [-0.2, 0) is 15.1 Å². The maximum atomic E-state index is 12.7.